The van der Waals surface area contributed by atoms with Crippen LogP contribution in [0.1, 0.15) is 18.1 Å². The molecular weight excluding hydrogens is 526 g/mol. The van der Waals surface area contributed by atoms with Gasteiger partial charge in [-0.15, -0.1) is 0 Å². The molecule has 0 saturated heterocycles. The van der Waals surface area contributed by atoms with Crippen molar-refractivity contribution in [2.75, 3.05) is 12.0 Å². The van der Waals surface area contributed by atoms with Gasteiger partial charge in [0.1, 0.15) is 16.8 Å². The molecule has 0 spiro atoms. The van der Waals surface area contributed by atoms with E-state index in [0.717, 1.165) is 39.4 Å². The van der Waals surface area contributed by atoms with E-state index >= 15 is 0 Å². The number of aromatic nitrogens is 1. The van der Waals surface area contributed by atoms with Crippen LogP contribution in [0.2, 0.25) is 0 Å². The van der Waals surface area contributed by atoms with E-state index in [-0.39, 0.29) is 5.91 Å². The van der Waals surface area contributed by atoms with Crippen LogP contribution in [-0.4, -0.2) is 23.3 Å². The van der Waals surface area contributed by atoms with Gasteiger partial charge >= 0.3 is 0 Å². The Morgan fingerprint density at radius 3 is 1.95 bits per heavy atom. The van der Waals surface area contributed by atoms with Crippen LogP contribution < -0.4 is 9.64 Å². The number of methoxy groups -OCH3 is 1. The highest BCUT2D eigenvalue weighted by Crippen LogP contribution is 2.37. The molecule has 0 bridgehead atoms. The summed E-state index contributed by atoms with van der Waals surface area (Å²) in [6, 6.07) is 39.3. The number of nitrogens with zero attached hydrogens (tertiary/aromatic N) is 3. The normalized spacial score (nSPS) is 11.4. The molecule has 5 rings (SSSR count). The molecule has 6 heteroatoms. The molecule has 4 aromatic carbocycles. The molecule has 41 heavy (non-hydrogen) atoms. The Labute approximate surface area is 245 Å². The lowest BCUT2D eigenvalue weighted by Crippen LogP contribution is -2.32. The first-order chi connectivity index (χ1) is 20.0. The van der Waals surface area contributed by atoms with E-state index in [2.05, 4.69) is 6.07 Å². The third kappa shape index (κ3) is 6.16. The van der Waals surface area contributed by atoms with Gasteiger partial charge in [0, 0.05) is 22.5 Å². The van der Waals surface area contributed by atoms with Crippen molar-refractivity contribution in [2.24, 2.45) is 0 Å². The van der Waals surface area contributed by atoms with E-state index < -0.39 is 5.25 Å². The fourth-order valence-electron chi connectivity index (χ4n) is 4.54. The lowest BCUT2D eigenvalue weighted by atomic mass is 9.98. The van der Waals surface area contributed by atoms with Crippen molar-refractivity contribution >= 4 is 29.0 Å². The Kier molecular flexibility index (Phi) is 8.47. The SMILES string of the molecule is COc1ccc(-c2cc(-c3ccc(C)cc3)c(C#N)c(SC(C)C(=O)N(c3ccccc3)c3ccccc3)n2)cc1. The van der Waals surface area contributed by atoms with E-state index in [9.17, 15) is 10.1 Å². The number of nitriles is 1. The molecule has 0 aliphatic heterocycles. The summed E-state index contributed by atoms with van der Waals surface area (Å²) in [5, 5.41) is 10.3. The van der Waals surface area contributed by atoms with E-state index in [0.29, 0.717) is 16.3 Å². The molecule has 0 saturated carbocycles. The average molecular weight is 556 g/mol. The summed E-state index contributed by atoms with van der Waals surface area (Å²) < 4.78 is 5.33. The molecule has 1 amide bonds. The molecular formula is C35H29N3O2S. The summed E-state index contributed by atoms with van der Waals surface area (Å²) in [6.45, 7) is 3.89. The Hall–Kier alpha value is -4.86. The Bertz CT molecular complexity index is 1640. The number of benzene rings is 4. The highest BCUT2D eigenvalue weighted by Gasteiger charge is 2.27. The zero-order valence-electron chi connectivity index (χ0n) is 23.1. The van der Waals surface area contributed by atoms with Crippen LogP contribution in [0.15, 0.2) is 120 Å². The van der Waals surface area contributed by atoms with Crippen molar-refractivity contribution in [1.82, 2.24) is 4.98 Å². The molecule has 0 N–H and O–H groups in total. The third-order valence-corrected chi connectivity index (χ3v) is 7.81. The Morgan fingerprint density at radius 1 is 0.854 bits per heavy atom. The number of rotatable bonds is 8. The van der Waals surface area contributed by atoms with Gasteiger partial charge in [-0.05, 0) is 74.0 Å². The van der Waals surface area contributed by atoms with Gasteiger partial charge in [-0.25, -0.2) is 4.98 Å². The number of aryl methyl sites for hydroxylation is 1. The van der Waals surface area contributed by atoms with Gasteiger partial charge < -0.3 is 4.74 Å². The standard InChI is InChI=1S/C35H29N3O2S/c1-24-14-16-26(17-15-24)31-22-33(27-18-20-30(40-3)21-19-27)37-34(32(31)23-36)41-25(2)35(39)38(28-10-6-4-7-11-28)29-12-8-5-9-13-29/h4-22,25H,1-3H3. The van der Waals surface area contributed by atoms with Crippen LogP contribution in [0, 0.1) is 18.3 Å². The molecule has 0 radical (unpaired) electrons. The molecule has 5 nitrogen and oxygen atoms in total. The molecule has 0 aliphatic carbocycles. The highest BCUT2D eigenvalue weighted by molar-refractivity contribution is 8.00. The molecule has 1 unspecified atom stereocenters. The second kappa shape index (κ2) is 12.5. The van der Waals surface area contributed by atoms with Crippen molar-refractivity contribution in [3.8, 4) is 34.2 Å². The number of hydrogen-bond acceptors (Lipinski definition) is 5. The largest absolute Gasteiger partial charge is 0.497 e. The summed E-state index contributed by atoms with van der Waals surface area (Å²) in [5.41, 5.74) is 6.42. The van der Waals surface area contributed by atoms with Gasteiger partial charge in [0.2, 0.25) is 5.91 Å². The van der Waals surface area contributed by atoms with Crippen molar-refractivity contribution in [3.05, 3.63) is 126 Å². The fourth-order valence-corrected chi connectivity index (χ4v) is 5.51. The third-order valence-electron chi connectivity index (χ3n) is 6.73. The lowest BCUT2D eigenvalue weighted by Gasteiger charge is -2.26. The molecule has 0 fully saturated rings. The number of hydrogen-bond donors (Lipinski definition) is 0. The van der Waals surface area contributed by atoms with Crippen LogP contribution in [0.3, 0.4) is 0 Å². The first kappa shape index (κ1) is 27.7. The van der Waals surface area contributed by atoms with E-state index in [1.807, 2.05) is 129 Å². The topological polar surface area (TPSA) is 66.2 Å². The number of amides is 1. The predicted molar refractivity (Wildman–Crippen MR) is 166 cm³/mol. The smallest absolute Gasteiger partial charge is 0.244 e. The van der Waals surface area contributed by atoms with Gasteiger partial charge in [-0.2, -0.15) is 5.26 Å². The van der Waals surface area contributed by atoms with Gasteiger partial charge in [0.05, 0.1) is 23.6 Å². The number of carbonyl (C=O) groups excluding carboxylic acids is 1. The quantitative estimate of drug-likeness (QED) is 0.180. The number of ether oxygens (including phenoxy) is 1. The Morgan fingerprint density at radius 2 is 1.41 bits per heavy atom. The maximum Gasteiger partial charge on any atom is 0.244 e. The van der Waals surface area contributed by atoms with Crippen LogP contribution >= 0.6 is 11.8 Å². The first-order valence-electron chi connectivity index (χ1n) is 13.3. The molecule has 202 valence electrons. The minimum Gasteiger partial charge on any atom is -0.497 e. The highest BCUT2D eigenvalue weighted by atomic mass is 32.2. The van der Waals surface area contributed by atoms with Crippen LogP contribution in [-0.2, 0) is 4.79 Å². The summed E-state index contributed by atoms with van der Waals surface area (Å²) in [7, 11) is 1.63. The van der Waals surface area contributed by atoms with E-state index in [4.69, 9.17) is 9.72 Å². The monoisotopic (exact) mass is 555 g/mol. The van der Waals surface area contributed by atoms with Gasteiger partial charge in [0.15, 0.2) is 0 Å². The summed E-state index contributed by atoms with van der Waals surface area (Å²) in [5.74, 6) is 0.640. The van der Waals surface area contributed by atoms with Gasteiger partial charge in [-0.3, -0.25) is 9.69 Å². The number of anilines is 2. The minimum absolute atomic E-state index is 0.107. The van der Waals surface area contributed by atoms with E-state index in [1.165, 1.54) is 11.8 Å². The van der Waals surface area contributed by atoms with Gasteiger partial charge in [-0.1, -0.05) is 78.0 Å². The number of carbonyl (C=O) groups is 1. The van der Waals surface area contributed by atoms with Crippen LogP contribution in [0.25, 0.3) is 22.4 Å². The average Bonchev–Trinajstić information content (AvgIpc) is 3.02. The van der Waals surface area contributed by atoms with Crippen LogP contribution in [0.4, 0.5) is 11.4 Å². The van der Waals surface area contributed by atoms with E-state index in [1.54, 1.807) is 12.0 Å². The lowest BCUT2D eigenvalue weighted by molar-refractivity contribution is -0.117. The van der Waals surface area contributed by atoms with Crippen molar-refractivity contribution in [2.45, 2.75) is 24.1 Å². The predicted octanol–water partition coefficient (Wildman–Crippen LogP) is 8.45. The summed E-state index contributed by atoms with van der Waals surface area (Å²) >= 11 is 1.30. The fraction of sp³-hybridized carbons (Fsp3) is 0.114. The molecule has 1 heterocycles. The molecule has 1 aromatic heterocycles. The zero-order valence-corrected chi connectivity index (χ0v) is 23.9. The molecule has 0 aliphatic rings. The second-order valence-corrected chi connectivity index (χ2v) is 10.9. The van der Waals surface area contributed by atoms with Gasteiger partial charge in [0.25, 0.3) is 0 Å². The van der Waals surface area contributed by atoms with Crippen molar-refractivity contribution in [1.29, 1.82) is 5.26 Å². The van der Waals surface area contributed by atoms with Crippen LogP contribution in [0.5, 0.6) is 5.75 Å². The maximum atomic E-state index is 14.0. The summed E-state index contributed by atoms with van der Waals surface area (Å²) in [6.07, 6.45) is 0. The molecule has 1 atom stereocenters. The van der Waals surface area contributed by atoms with Crippen molar-refractivity contribution < 1.29 is 9.53 Å². The zero-order chi connectivity index (χ0) is 28.8. The first-order valence-corrected chi connectivity index (χ1v) is 14.1. The van der Waals surface area contributed by atoms with Crippen molar-refractivity contribution in [3.63, 3.8) is 0 Å². The maximum absolute atomic E-state index is 14.0. The summed E-state index contributed by atoms with van der Waals surface area (Å²) in [4.78, 5) is 20.7. The Balaban J connectivity index is 1.58. The number of para-hydroxylation sites is 2. The number of thioether (sulfide) groups is 1. The minimum atomic E-state index is -0.535. The number of pyridine rings is 1. The molecule has 5 aromatic rings. The second-order valence-electron chi connectivity index (χ2n) is 9.55.